The highest BCUT2D eigenvalue weighted by molar-refractivity contribution is 6.27. The van der Waals surface area contributed by atoms with E-state index in [1.165, 1.54) is 12.0 Å². The number of fused-ring (bicyclic) bond motifs is 1. The summed E-state index contributed by atoms with van der Waals surface area (Å²) < 4.78 is 5.22. The Balaban J connectivity index is 1.47. The largest absolute Gasteiger partial charge is 0.383 e. The van der Waals surface area contributed by atoms with Gasteiger partial charge in [-0.1, -0.05) is 30.3 Å². The number of rotatable bonds is 9. The van der Waals surface area contributed by atoms with E-state index < -0.39 is 0 Å². The van der Waals surface area contributed by atoms with E-state index >= 15 is 0 Å². The molecule has 206 valence electrons. The third-order valence-electron chi connectivity index (χ3n) is 7.06. The summed E-state index contributed by atoms with van der Waals surface area (Å²) in [6.45, 7) is 2.34. The van der Waals surface area contributed by atoms with E-state index in [1.54, 1.807) is 36.2 Å². The third kappa shape index (κ3) is 5.86. The number of nitrogens with zero attached hydrogens (tertiary/aromatic N) is 4. The number of carbonyl (C=O) groups excluding carboxylic acids is 4. The first-order chi connectivity index (χ1) is 18.8. The van der Waals surface area contributed by atoms with Gasteiger partial charge in [0, 0.05) is 83.4 Å². The molecule has 0 saturated carbocycles. The number of hydrogen-bond donors (Lipinski definition) is 1. The molecule has 10 heteroatoms. The van der Waals surface area contributed by atoms with Gasteiger partial charge in [-0.2, -0.15) is 0 Å². The molecule has 2 aliphatic rings. The maximum atomic E-state index is 13.6. The summed E-state index contributed by atoms with van der Waals surface area (Å²) >= 11 is 0. The van der Waals surface area contributed by atoms with Crippen LogP contribution in [-0.4, -0.2) is 112 Å². The number of anilines is 1. The fourth-order valence-electron chi connectivity index (χ4n) is 4.88. The number of Topliss-reactive ketones (excluding diaryl/α,β-unsaturated/α-hetero) is 2. The molecule has 0 radical (unpaired) electrons. The van der Waals surface area contributed by atoms with Crippen LogP contribution in [0.25, 0.3) is 0 Å². The van der Waals surface area contributed by atoms with Crippen molar-refractivity contribution in [2.45, 2.75) is 0 Å². The van der Waals surface area contributed by atoms with Crippen LogP contribution in [0.15, 0.2) is 59.9 Å². The van der Waals surface area contributed by atoms with Gasteiger partial charge in [-0.25, -0.2) is 0 Å². The van der Waals surface area contributed by atoms with Crippen LogP contribution < -0.4 is 10.2 Å². The number of likely N-dealkylation sites (N-methyl/N-ethyl adjacent to an activating group) is 1. The minimum Gasteiger partial charge on any atom is -0.383 e. The molecule has 4 rings (SSSR count). The molecular formula is C29H35N5O5. The lowest BCUT2D eigenvalue weighted by Gasteiger charge is -2.36. The summed E-state index contributed by atoms with van der Waals surface area (Å²) in [5.41, 5.74) is 2.30. The normalized spacial score (nSPS) is 15.7. The van der Waals surface area contributed by atoms with Crippen LogP contribution in [0.5, 0.6) is 0 Å². The van der Waals surface area contributed by atoms with E-state index in [0.29, 0.717) is 37.3 Å². The van der Waals surface area contributed by atoms with E-state index in [1.807, 2.05) is 48.2 Å². The molecule has 2 aromatic rings. The van der Waals surface area contributed by atoms with Crippen LogP contribution in [0.3, 0.4) is 0 Å². The van der Waals surface area contributed by atoms with E-state index in [4.69, 9.17) is 4.74 Å². The molecule has 0 aromatic heterocycles. The molecular weight excluding hydrogens is 498 g/mol. The summed E-state index contributed by atoms with van der Waals surface area (Å²) in [6, 6.07) is 14.1. The average Bonchev–Trinajstić information content (AvgIpc) is 2.95. The topological polar surface area (TPSA) is 102 Å². The molecule has 10 nitrogen and oxygen atoms in total. The van der Waals surface area contributed by atoms with E-state index in [-0.39, 0.29) is 60.0 Å². The highest BCUT2D eigenvalue weighted by atomic mass is 16.5. The molecule has 2 amide bonds. The van der Waals surface area contributed by atoms with Gasteiger partial charge in [-0.05, 0) is 18.2 Å². The van der Waals surface area contributed by atoms with Gasteiger partial charge in [0.15, 0.2) is 0 Å². The zero-order chi connectivity index (χ0) is 28.1. The number of hydrogen-bond acceptors (Lipinski definition) is 8. The van der Waals surface area contributed by atoms with Gasteiger partial charge in [0.2, 0.25) is 17.5 Å². The molecule has 1 fully saturated rings. The lowest BCUT2D eigenvalue weighted by Crippen LogP contribution is -2.52. The van der Waals surface area contributed by atoms with E-state index in [2.05, 4.69) is 5.32 Å². The molecule has 2 aromatic carbocycles. The van der Waals surface area contributed by atoms with Crippen molar-refractivity contribution in [2.24, 2.45) is 0 Å². The fourth-order valence-corrected chi connectivity index (χ4v) is 4.88. The van der Waals surface area contributed by atoms with Crippen molar-refractivity contribution in [3.05, 3.63) is 76.6 Å². The van der Waals surface area contributed by atoms with E-state index in [9.17, 15) is 19.2 Å². The predicted octanol–water partition coefficient (Wildman–Crippen LogP) is 1.50. The van der Waals surface area contributed by atoms with Crippen molar-refractivity contribution in [3.63, 3.8) is 0 Å². The Morgan fingerprint density at radius 2 is 1.62 bits per heavy atom. The summed E-state index contributed by atoms with van der Waals surface area (Å²) in [4.78, 5) is 60.4. The van der Waals surface area contributed by atoms with Crippen LogP contribution in [0.4, 0.5) is 5.69 Å². The molecule has 1 heterocycles. The average molecular weight is 534 g/mol. The predicted molar refractivity (Wildman–Crippen MR) is 148 cm³/mol. The minimum atomic E-state index is -0.380. The fraction of sp³-hybridized carbons (Fsp3) is 0.379. The Hall–Kier alpha value is -4.02. The third-order valence-corrected chi connectivity index (χ3v) is 7.06. The molecule has 1 aliphatic carbocycles. The van der Waals surface area contributed by atoms with Gasteiger partial charge in [0.05, 0.1) is 13.2 Å². The van der Waals surface area contributed by atoms with Crippen LogP contribution in [-0.2, 0) is 9.53 Å². The molecule has 0 spiro atoms. The zero-order valence-corrected chi connectivity index (χ0v) is 22.9. The maximum absolute atomic E-state index is 13.6. The quantitative estimate of drug-likeness (QED) is 0.518. The van der Waals surface area contributed by atoms with Crippen molar-refractivity contribution in [1.29, 1.82) is 0 Å². The summed E-state index contributed by atoms with van der Waals surface area (Å²) in [6.07, 6.45) is 0. The molecule has 1 saturated heterocycles. The Bertz CT molecular complexity index is 1300. The van der Waals surface area contributed by atoms with Crippen LogP contribution in [0.1, 0.15) is 31.1 Å². The maximum Gasteiger partial charge on any atom is 0.254 e. The Labute approximate surface area is 228 Å². The van der Waals surface area contributed by atoms with Gasteiger partial charge < -0.3 is 24.8 Å². The standard InChI is InChI=1S/C29H35N5O5/c1-30-25-26(28(37)23-11-6-5-10-22(23)27(25)36)34(16-17-39-4)24(35)19-32-12-14-33(15-13-32)29(38)20-8-7-9-21(18-20)31(2)3/h5-11,18,30H,12-17,19H2,1-4H3. The van der Waals surface area contributed by atoms with Crippen molar-refractivity contribution < 1.29 is 23.9 Å². The molecule has 0 atom stereocenters. The first-order valence-corrected chi connectivity index (χ1v) is 13.0. The van der Waals surface area contributed by atoms with Crippen molar-refractivity contribution >= 4 is 29.1 Å². The number of piperazine rings is 1. The second-order valence-corrected chi connectivity index (χ2v) is 9.73. The number of nitrogens with one attached hydrogen (secondary N) is 1. The summed E-state index contributed by atoms with van der Waals surface area (Å²) in [7, 11) is 6.95. The SMILES string of the molecule is CNC1=C(N(CCOC)C(=O)CN2CCN(C(=O)c3cccc(N(C)C)c3)CC2)C(=O)c2ccccc2C1=O. The number of ether oxygens (including phenoxy) is 1. The number of carbonyl (C=O) groups is 4. The summed E-state index contributed by atoms with van der Waals surface area (Å²) in [5.74, 6) is -1.06. The Morgan fingerprint density at radius 1 is 0.949 bits per heavy atom. The van der Waals surface area contributed by atoms with Gasteiger partial charge >= 0.3 is 0 Å². The number of methoxy groups -OCH3 is 1. The van der Waals surface area contributed by atoms with Crippen molar-refractivity contribution in [1.82, 2.24) is 20.0 Å². The zero-order valence-electron chi connectivity index (χ0n) is 22.9. The summed E-state index contributed by atoms with van der Waals surface area (Å²) in [5, 5.41) is 2.85. The van der Waals surface area contributed by atoms with Gasteiger partial charge in [-0.15, -0.1) is 0 Å². The molecule has 0 bridgehead atoms. The monoisotopic (exact) mass is 533 g/mol. The molecule has 1 aliphatic heterocycles. The lowest BCUT2D eigenvalue weighted by molar-refractivity contribution is -0.131. The molecule has 1 N–H and O–H groups in total. The van der Waals surface area contributed by atoms with Gasteiger partial charge in [-0.3, -0.25) is 24.1 Å². The van der Waals surface area contributed by atoms with Crippen LogP contribution in [0, 0.1) is 0 Å². The highest BCUT2D eigenvalue weighted by Gasteiger charge is 2.37. The second kappa shape index (κ2) is 12.2. The minimum absolute atomic E-state index is 0.0397. The van der Waals surface area contributed by atoms with Gasteiger partial charge in [0.25, 0.3) is 5.91 Å². The first kappa shape index (κ1) is 28.0. The van der Waals surface area contributed by atoms with Crippen molar-refractivity contribution in [3.8, 4) is 0 Å². The van der Waals surface area contributed by atoms with Crippen LogP contribution in [0.2, 0.25) is 0 Å². The highest BCUT2D eigenvalue weighted by Crippen LogP contribution is 2.27. The lowest BCUT2D eigenvalue weighted by atomic mass is 9.89. The molecule has 0 unspecified atom stereocenters. The number of allylic oxidation sites excluding steroid dienone is 2. The van der Waals surface area contributed by atoms with Crippen LogP contribution >= 0.6 is 0 Å². The first-order valence-electron chi connectivity index (χ1n) is 13.0. The number of amides is 2. The van der Waals surface area contributed by atoms with E-state index in [0.717, 1.165) is 5.69 Å². The second-order valence-electron chi connectivity index (χ2n) is 9.73. The Morgan fingerprint density at radius 3 is 2.23 bits per heavy atom. The van der Waals surface area contributed by atoms with Crippen molar-refractivity contribution in [2.75, 3.05) is 79.0 Å². The smallest absolute Gasteiger partial charge is 0.254 e. The number of ketones is 2. The van der Waals surface area contributed by atoms with Gasteiger partial charge in [0.1, 0.15) is 11.4 Å². The molecule has 39 heavy (non-hydrogen) atoms. The Kier molecular flexibility index (Phi) is 8.78. The number of benzene rings is 2.